The molecule has 0 aliphatic rings. The number of nitrogens with one attached hydrogen (secondary N) is 1. The molecule has 0 unspecified atom stereocenters. The van der Waals surface area contributed by atoms with Crippen LogP contribution in [0.3, 0.4) is 0 Å². The number of carbonyl (C=O) groups is 2. The summed E-state index contributed by atoms with van der Waals surface area (Å²) in [5, 5.41) is 11.6. The third kappa shape index (κ3) is 5.81. The predicted octanol–water partition coefficient (Wildman–Crippen LogP) is 1.25. The smallest absolute Gasteiger partial charge is 0.303 e. The summed E-state index contributed by atoms with van der Waals surface area (Å²) in [6.07, 6.45) is 2.28. The average Bonchev–Trinajstić information content (AvgIpc) is 2.37. The number of hydrogen-bond acceptors (Lipinski definition) is 3. The SMILES string of the molecule is CC(C)C[C@H](CNC(=O)c1ccn(C)c(=O)c1)CC(=O)O. The van der Waals surface area contributed by atoms with Crippen molar-refractivity contribution in [3.05, 3.63) is 34.2 Å². The highest BCUT2D eigenvalue weighted by molar-refractivity contribution is 5.93. The van der Waals surface area contributed by atoms with Crippen molar-refractivity contribution in [2.24, 2.45) is 18.9 Å². The topological polar surface area (TPSA) is 88.4 Å². The highest BCUT2D eigenvalue weighted by atomic mass is 16.4. The van der Waals surface area contributed by atoms with Gasteiger partial charge in [0.2, 0.25) is 0 Å². The van der Waals surface area contributed by atoms with Crippen LogP contribution in [0.15, 0.2) is 23.1 Å². The van der Waals surface area contributed by atoms with Gasteiger partial charge >= 0.3 is 5.97 Å². The van der Waals surface area contributed by atoms with Gasteiger partial charge in [-0.2, -0.15) is 0 Å². The number of carbonyl (C=O) groups excluding carboxylic acids is 1. The highest BCUT2D eigenvalue weighted by Crippen LogP contribution is 2.14. The minimum Gasteiger partial charge on any atom is -0.481 e. The Morgan fingerprint density at radius 2 is 2.05 bits per heavy atom. The number of carboxylic acids is 1. The van der Waals surface area contributed by atoms with Crippen molar-refractivity contribution in [3.63, 3.8) is 0 Å². The van der Waals surface area contributed by atoms with E-state index in [1.807, 2.05) is 13.8 Å². The van der Waals surface area contributed by atoms with Gasteiger partial charge < -0.3 is 15.0 Å². The molecule has 1 amide bonds. The van der Waals surface area contributed by atoms with Crippen molar-refractivity contribution in [1.82, 2.24) is 9.88 Å². The molecule has 0 aromatic carbocycles. The first-order valence-corrected chi connectivity index (χ1v) is 6.96. The van der Waals surface area contributed by atoms with Gasteiger partial charge in [0.1, 0.15) is 0 Å². The molecule has 0 fully saturated rings. The maximum absolute atomic E-state index is 12.0. The van der Waals surface area contributed by atoms with Gasteiger partial charge in [0, 0.05) is 37.8 Å². The van der Waals surface area contributed by atoms with E-state index in [0.717, 1.165) is 6.42 Å². The second-order valence-electron chi connectivity index (χ2n) is 5.67. The molecular weight excluding hydrogens is 272 g/mol. The summed E-state index contributed by atoms with van der Waals surface area (Å²) >= 11 is 0. The van der Waals surface area contributed by atoms with Crippen LogP contribution in [0.5, 0.6) is 0 Å². The molecule has 116 valence electrons. The fourth-order valence-corrected chi connectivity index (χ4v) is 2.18. The zero-order chi connectivity index (χ0) is 16.0. The van der Waals surface area contributed by atoms with Gasteiger partial charge in [0.15, 0.2) is 0 Å². The molecule has 21 heavy (non-hydrogen) atoms. The Bertz CT molecular complexity index is 563. The van der Waals surface area contributed by atoms with Crippen molar-refractivity contribution in [2.45, 2.75) is 26.7 Å². The molecule has 0 radical (unpaired) electrons. The van der Waals surface area contributed by atoms with Crippen LogP contribution in [-0.2, 0) is 11.8 Å². The Labute approximate surface area is 123 Å². The lowest BCUT2D eigenvalue weighted by Crippen LogP contribution is -2.32. The van der Waals surface area contributed by atoms with E-state index in [4.69, 9.17) is 5.11 Å². The third-order valence-corrected chi connectivity index (χ3v) is 3.19. The van der Waals surface area contributed by atoms with E-state index in [2.05, 4.69) is 5.32 Å². The zero-order valence-electron chi connectivity index (χ0n) is 12.6. The Morgan fingerprint density at radius 3 is 2.57 bits per heavy atom. The largest absolute Gasteiger partial charge is 0.481 e. The number of carboxylic acid groups (broad SMARTS) is 1. The number of amides is 1. The minimum atomic E-state index is -0.872. The molecule has 0 aliphatic heterocycles. The van der Waals surface area contributed by atoms with Gasteiger partial charge in [-0.05, 0) is 24.3 Å². The van der Waals surface area contributed by atoms with E-state index in [0.29, 0.717) is 12.5 Å². The maximum atomic E-state index is 12.0. The maximum Gasteiger partial charge on any atom is 0.303 e. The number of aliphatic carboxylic acids is 1. The molecule has 6 nitrogen and oxygen atoms in total. The fraction of sp³-hybridized carbons (Fsp3) is 0.533. The van der Waals surface area contributed by atoms with Crippen molar-refractivity contribution < 1.29 is 14.7 Å². The molecule has 2 N–H and O–H groups in total. The van der Waals surface area contributed by atoms with Crippen LogP contribution < -0.4 is 10.9 Å². The van der Waals surface area contributed by atoms with Crippen LogP contribution in [-0.4, -0.2) is 28.1 Å². The summed E-state index contributed by atoms with van der Waals surface area (Å²) in [6.45, 7) is 4.31. The molecule has 1 aromatic heterocycles. The lowest BCUT2D eigenvalue weighted by molar-refractivity contribution is -0.138. The number of aryl methyl sites for hydroxylation is 1. The molecule has 0 saturated heterocycles. The monoisotopic (exact) mass is 294 g/mol. The van der Waals surface area contributed by atoms with Crippen molar-refractivity contribution in [3.8, 4) is 0 Å². The molecule has 1 heterocycles. The van der Waals surface area contributed by atoms with Gasteiger partial charge in [0.05, 0.1) is 0 Å². The molecule has 0 saturated carbocycles. The summed E-state index contributed by atoms with van der Waals surface area (Å²) in [5.41, 5.74) is 0.0311. The molecule has 1 rings (SSSR count). The molecule has 1 aromatic rings. The number of pyridine rings is 1. The summed E-state index contributed by atoms with van der Waals surface area (Å²) in [5.74, 6) is -0.983. The molecule has 0 aliphatic carbocycles. The van der Waals surface area contributed by atoms with Crippen molar-refractivity contribution in [2.75, 3.05) is 6.54 Å². The summed E-state index contributed by atoms with van der Waals surface area (Å²) in [4.78, 5) is 34.3. The Hall–Kier alpha value is -2.11. The van der Waals surface area contributed by atoms with Gasteiger partial charge in [0.25, 0.3) is 11.5 Å². The number of hydrogen-bond donors (Lipinski definition) is 2. The zero-order valence-corrected chi connectivity index (χ0v) is 12.6. The van der Waals surface area contributed by atoms with E-state index in [1.54, 1.807) is 13.1 Å². The van der Waals surface area contributed by atoms with E-state index in [-0.39, 0.29) is 29.4 Å². The van der Waals surface area contributed by atoms with Gasteiger partial charge in [-0.15, -0.1) is 0 Å². The molecule has 1 atom stereocenters. The van der Waals surface area contributed by atoms with E-state index < -0.39 is 5.97 Å². The van der Waals surface area contributed by atoms with E-state index >= 15 is 0 Å². The van der Waals surface area contributed by atoms with Gasteiger partial charge in [-0.3, -0.25) is 14.4 Å². The molecule has 0 bridgehead atoms. The molecule has 6 heteroatoms. The van der Waals surface area contributed by atoms with Crippen LogP contribution in [0, 0.1) is 11.8 Å². The van der Waals surface area contributed by atoms with Crippen LogP contribution in [0.1, 0.15) is 37.0 Å². The Morgan fingerprint density at radius 1 is 1.38 bits per heavy atom. The van der Waals surface area contributed by atoms with Gasteiger partial charge in [-0.25, -0.2) is 0 Å². The quantitative estimate of drug-likeness (QED) is 0.792. The number of aromatic nitrogens is 1. The van der Waals surface area contributed by atoms with Crippen molar-refractivity contribution in [1.29, 1.82) is 0 Å². The second kappa shape index (κ2) is 7.61. The normalized spacial score (nSPS) is 12.2. The lowest BCUT2D eigenvalue weighted by atomic mass is 9.94. The summed E-state index contributed by atoms with van der Waals surface area (Å²) in [7, 11) is 1.61. The van der Waals surface area contributed by atoms with Crippen LogP contribution in [0.4, 0.5) is 0 Å². The average molecular weight is 294 g/mol. The third-order valence-electron chi connectivity index (χ3n) is 3.19. The van der Waals surface area contributed by atoms with Crippen LogP contribution >= 0.6 is 0 Å². The first-order valence-electron chi connectivity index (χ1n) is 6.96. The van der Waals surface area contributed by atoms with Crippen molar-refractivity contribution >= 4 is 11.9 Å². The first-order chi connectivity index (χ1) is 9.79. The lowest BCUT2D eigenvalue weighted by Gasteiger charge is -2.17. The first kappa shape index (κ1) is 16.9. The van der Waals surface area contributed by atoms with Crippen LogP contribution in [0.25, 0.3) is 0 Å². The van der Waals surface area contributed by atoms with E-state index in [1.165, 1.54) is 16.8 Å². The Balaban J connectivity index is 2.65. The summed E-state index contributed by atoms with van der Waals surface area (Å²) in [6, 6.07) is 2.83. The Kier molecular flexibility index (Phi) is 6.14. The second-order valence-corrected chi connectivity index (χ2v) is 5.67. The summed E-state index contributed by atoms with van der Waals surface area (Å²) < 4.78 is 1.38. The highest BCUT2D eigenvalue weighted by Gasteiger charge is 2.16. The standard InChI is InChI=1S/C15H22N2O4/c1-10(2)6-11(7-14(19)20)9-16-15(21)12-4-5-17(3)13(18)8-12/h4-5,8,10-11H,6-7,9H2,1-3H3,(H,16,21)(H,19,20)/t11-/m0/s1. The molecule has 0 spiro atoms. The molecular formula is C15H22N2O4. The van der Waals surface area contributed by atoms with E-state index in [9.17, 15) is 14.4 Å². The van der Waals surface area contributed by atoms with Crippen LogP contribution in [0.2, 0.25) is 0 Å². The predicted molar refractivity (Wildman–Crippen MR) is 79.2 cm³/mol. The fourth-order valence-electron chi connectivity index (χ4n) is 2.18. The number of rotatable bonds is 7. The van der Waals surface area contributed by atoms with Gasteiger partial charge in [-0.1, -0.05) is 13.8 Å². The number of nitrogens with zero attached hydrogens (tertiary/aromatic N) is 1. The minimum absolute atomic E-state index is 0.0228.